The summed E-state index contributed by atoms with van der Waals surface area (Å²) in [7, 11) is 2.53. The maximum atomic E-state index is 14.0. The van der Waals surface area contributed by atoms with Crippen molar-refractivity contribution in [1.82, 2.24) is 15.1 Å². The van der Waals surface area contributed by atoms with Crippen LogP contribution in [-0.4, -0.2) is 84.9 Å². The molecule has 0 spiro atoms. The first-order valence-corrected chi connectivity index (χ1v) is 14.5. The molecule has 4 amide bonds. The number of halogens is 4. The smallest absolute Gasteiger partial charge is 0.328 e. The van der Waals surface area contributed by atoms with Crippen molar-refractivity contribution in [3.05, 3.63) is 70.8 Å². The number of amides is 4. The van der Waals surface area contributed by atoms with Gasteiger partial charge in [0.05, 0.1) is 26.6 Å². The van der Waals surface area contributed by atoms with Crippen LogP contribution in [0, 0.1) is 29.2 Å². The molecule has 0 radical (unpaired) electrons. The Morgan fingerprint density at radius 1 is 0.761 bits per heavy atom. The lowest BCUT2D eigenvalue weighted by Crippen LogP contribution is -2.59. The highest BCUT2D eigenvalue weighted by Crippen LogP contribution is 2.19. The van der Waals surface area contributed by atoms with Crippen molar-refractivity contribution in [3.63, 3.8) is 0 Å². The molecule has 14 heteroatoms. The predicted octanol–water partition coefficient (Wildman–Crippen LogP) is 3.34. The number of hydrogen-bond donors (Lipinski definition) is 1. The van der Waals surface area contributed by atoms with Crippen LogP contribution in [0.5, 0.6) is 0 Å². The highest BCUT2D eigenvalue weighted by Gasteiger charge is 2.40. The monoisotopic (exact) mass is 653 g/mol. The zero-order valence-electron chi connectivity index (χ0n) is 26.6. The molecule has 252 valence electrons. The van der Waals surface area contributed by atoms with Gasteiger partial charge in [0.1, 0.15) is 41.4 Å². The number of ether oxygens (including phenoxy) is 2. The van der Waals surface area contributed by atoms with Crippen LogP contribution >= 0.6 is 0 Å². The maximum Gasteiger partial charge on any atom is 0.328 e. The van der Waals surface area contributed by atoms with Gasteiger partial charge in [-0.2, -0.15) is 0 Å². The van der Waals surface area contributed by atoms with Crippen LogP contribution in [-0.2, 0) is 46.3 Å². The van der Waals surface area contributed by atoms with E-state index in [1.807, 2.05) is 13.8 Å². The van der Waals surface area contributed by atoms with Gasteiger partial charge in [-0.3, -0.25) is 24.1 Å². The summed E-state index contributed by atoms with van der Waals surface area (Å²) in [6.45, 7) is 5.97. The summed E-state index contributed by atoms with van der Waals surface area (Å²) >= 11 is 0. The molecule has 2 rings (SSSR count). The quantitative estimate of drug-likeness (QED) is 0.231. The average molecular weight is 654 g/mol. The number of rotatable bonds is 15. The highest BCUT2D eigenvalue weighted by atomic mass is 19.1. The van der Waals surface area contributed by atoms with E-state index < -0.39 is 83.8 Å². The van der Waals surface area contributed by atoms with Crippen LogP contribution in [0.2, 0.25) is 0 Å². The third-order valence-electron chi connectivity index (χ3n) is 6.93. The number of benzene rings is 2. The van der Waals surface area contributed by atoms with E-state index in [4.69, 9.17) is 9.47 Å². The maximum absolute atomic E-state index is 14.0. The standard InChI is InChI=1S/C32H39F4N3O7/c1-18(2)9-27(32(44)46-6)38(7-8-45-5)31(43)20(4)39(29(41)15-22-12-25(35)17-26(36)13-22)30(42)19(3)37-28(40)14-21-10-23(33)16-24(34)11-21/h10-13,16-20,27H,7-9,14-15H2,1-6H3,(H,37,40)/t19-,20-,27-/m0/s1. The Morgan fingerprint density at radius 3 is 1.72 bits per heavy atom. The Labute approximate surface area is 265 Å². The third kappa shape index (κ3) is 10.9. The molecule has 0 heterocycles. The molecule has 0 saturated heterocycles. The van der Waals surface area contributed by atoms with Gasteiger partial charge in [-0.05, 0) is 61.6 Å². The Hall–Kier alpha value is -4.33. The van der Waals surface area contributed by atoms with Crippen LogP contribution in [0.1, 0.15) is 45.2 Å². The van der Waals surface area contributed by atoms with Crippen LogP contribution < -0.4 is 5.32 Å². The summed E-state index contributed by atoms with van der Waals surface area (Å²) in [5.41, 5.74) is -0.152. The molecule has 0 aliphatic rings. The predicted molar refractivity (Wildman–Crippen MR) is 158 cm³/mol. The van der Waals surface area contributed by atoms with Crippen molar-refractivity contribution in [2.75, 3.05) is 27.4 Å². The molecule has 1 N–H and O–H groups in total. The first kappa shape index (κ1) is 37.9. The van der Waals surface area contributed by atoms with Crippen LogP contribution in [0.15, 0.2) is 36.4 Å². The lowest BCUT2D eigenvalue weighted by Gasteiger charge is -2.36. The van der Waals surface area contributed by atoms with E-state index in [1.54, 1.807) is 0 Å². The van der Waals surface area contributed by atoms with E-state index in [2.05, 4.69) is 5.32 Å². The highest BCUT2D eigenvalue weighted by molar-refractivity contribution is 6.04. The Balaban J connectivity index is 2.47. The van der Waals surface area contributed by atoms with Crippen LogP contribution in [0.4, 0.5) is 17.6 Å². The van der Waals surface area contributed by atoms with Crippen molar-refractivity contribution >= 4 is 29.6 Å². The fraction of sp³-hybridized carbons (Fsp3) is 0.469. The molecule has 10 nitrogen and oxygen atoms in total. The molecular formula is C32H39F4N3O7. The van der Waals surface area contributed by atoms with Gasteiger partial charge in [-0.1, -0.05) is 13.8 Å². The normalized spacial score (nSPS) is 13.0. The summed E-state index contributed by atoms with van der Waals surface area (Å²) in [4.78, 5) is 68.6. The number of carbonyl (C=O) groups excluding carboxylic acids is 5. The molecule has 3 atom stereocenters. The second-order valence-electron chi connectivity index (χ2n) is 11.2. The van der Waals surface area contributed by atoms with Gasteiger partial charge in [-0.15, -0.1) is 0 Å². The zero-order valence-corrected chi connectivity index (χ0v) is 26.6. The van der Waals surface area contributed by atoms with Gasteiger partial charge in [0, 0.05) is 25.8 Å². The van der Waals surface area contributed by atoms with Crippen LogP contribution in [0.25, 0.3) is 0 Å². The molecule has 2 aromatic carbocycles. The minimum absolute atomic E-state index is 0.0123. The van der Waals surface area contributed by atoms with E-state index in [0.717, 1.165) is 36.3 Å². The molecular weight excluding hydrogens is 614 g/mol. The number of nitrogens with one attached hydrogen (secondary N) is 1. The first-order chi connectivity index (χ1) is 21.6. The van der Waals surface area contributed by atoms with Gasteiger partial charge >= 0.3 is 5.97 Å². The van der Waals surface area contributed by atoms with Gasteiger partial charge in [0.2, 0.25) is 17.7 Å². The third-order valence-corrected chi connectivity index (χ3v) is 6.93. The Bertz CT molecular complexity index is 1380. The second kappa shape index (κ2) is 17.4. The fourth-order valence-electron chi connectivity index (χ4n) is 4.86. The molecule has 0 bridgehead atoms. The molecule has 0 saturated carbocycles. The second-order valence-corrected chi connectivity index (χ2v) is 11.2. The number of carbonyl (C=O) groups is 5. The molecule has 0 aromatic heterocycles. The van der Waals surface area contributed by atoms with Crippen molar-refractivity contribution in [2.45, 2.75) is 65.1 Å². The number of methoxy groups -OCH3 is 2. The van der Waals surface area contributed by atoms with E-state index in [1.165, 1.54) is 21.0 Å². The number of esters is 1. The van der Waals surface area contributed by atoms with E-state index in [9.17, 15) is 41.5 Å². The van der Waals surface area contributed by atoms with Gasteiger partial charge in [0.15, 0.2) is 0 Å². The van der Waals surface area contributed by atoms with Crippen molar-refractivity contribution in [2.24, 2.45) is 5.92 Å². The summed E-state index contributed by atoms with van der Waals surface area (Å²) in [6, 6.07) is 0.743. The van der Waals surface area contributed by atoms with Gasteiger partial charge < -0.3 is 19.7 Å². The summed E-state index contributed by atoms with van der Waals surface area (Å²) in [5.74, 6) is -8.35. The SMILES string of the molecule is COCCN(C(=O)[C@H](C)N(C(=O)Cc1cc(F)cc(F)c1)C(=O)[C@H](C)NC(=O)Cc1cc(F)cc(F)c1)[C@@H](CC(C)C)C(=O)OC. The minimum atomic E-state index is -1.58. The van der Waals surface area contributed by atoms with Gasteiger partial charge in [0.25, 0.3) is 5.91 Å². The minimum Gasteiger partial charge on any atom is -0.467 e. The fourth-order valence-corrected chi connectivity index (χ4v) is 4.86. The first-order valence-electron chi connectivity index (χ1n) is 14.5. The number of hydrogen-bond acceptors (Lipinski definition) is 7. The lowest BCUT2D eigenvalue weighted by molar-refractivity contribution is -0.160. The molecule has 46 heavy (non-hydrogen) atoms. The van der Waals surface area contributed by atoms with Crippen molar-refractivity contribution in [1.29, 1.82) is 0 Å². The molecule has 0 aliphatic carbocycles. The van der Waals surface area contributed by atoms with E-state index >= 15 is 0 Å². The van der Waals surface area contributed by atoms with Gasteiger partial charge in [-0.25, -0.2) is 22.4 Å². The Kier molecular flexibility index (Phi) is 14.3. The largest absolute Gasteiger partial charge is 0.467 e. The van der Waals surface area contributed by atoms with E-state index in [-0.39, 0.29) is 36.6 Å². The summed E-state index contributed by atoms with van der Waals surface area (Å²) < 4.78 is 65.1. The summed E-state index contributed by atoms with van der Waals surface area (Å²) in [6.07, 6.45) is -1.05. The molecule has 0 unspecified atom stereocenters. The zero-order chi connectivity index (χ0) is 34.7. The lowest BCUT2D eigenvalue weighted by atomic mass is 10.0. The number of nitrogens with zero attached hydrogens (tertiary/aromatic N) is 2. The van der Waals surface area contributed by atoms with Crippen LogP contribution in [0.3, 0.4) is 0 Å². The topological polar surface area (TPSA) is 122 Å². The Morgan fingerprint density at radius 2 is 1.26 bits per heavy atom. The summed E-state index contributed by atoms with van der Waals surface area (Å²) in [5, 5.41) is 2.35. The molecule has 0 fully saturated rings. The van der Waals surface area contributed by atoms with Crippen molar-refractivity contribution in [3.8, 4) is 0 Å². The molecule has 2 aromatic rings. The average Bonchev–Trinajstić information content (AvgIpc) is 2.94. The van der Waals surface area contributed by atoms with E-state index in [0.29, 0.717) is 17.0 Å². The van der Waals surface area contributed by atoms with Crippen molar-refractivity contribution < 1.29 is 51.0 Å². The molecule has 0 aliphatic heterocycles. The number of imide groups is 1.